The van der Waals surface area contributed by atoms with Crippen molar-refractivity contribution in [1.82, 2.24) is 25.5 Å². The summed E-state index contributed by atoms with van der Waals surface area (Å²) in [6.45, 7) is 8.06. The second-order valence-corrected chi connectivity index (χ2v) is 8.48. The van der Waals surface area contributed by atoms with Gasteiger partial charge in [-0.15, -0.1) is 11.3 Å². The van der Waals surface area contributed by atoms with Gasteiger partial charge in [0.1, 0.15) is 11.3 Å². The molecule has 0 atom stereocenters. The Hall–Kier alpha value is -3.29. The smallest absolute Gasteiger partial charge is 0.176 e. The summed E-state index contributed by atoms with van der Waals surface area (Å²) in [5.74, 6) is 0. The lowest BCUT2D eigenvalue weighted by molar-refractivity contribution is 0.657. The molecule has 0 saturated carbocycles. The highest BCUT2D eigenvalue weighted by molar-refractivity contribution is 7.14. The SMILES string of the molecule is C=c1[nH]nc(-c2cc3c(-c4ccc(F)s4)ccnc3[nH]2)/c1=C/C(=C\C)C1=CCNCC1. The summed E-state index contributed by atoms with van der Waals surface area (Å²) >= 11 is 1.13. The van der Waals surface area contributed by atoms with E-state index in [0.717, 1.165) is 74.3 Å². The van der Waals surface area contributed by atoms with Crippen molar-refractivity contribution in [2.75, 3.05) is 13.1 Å². The van der Waals surface area contributed by atoms with Gasteiger partial charge in [0.25, 0.3) is 0 Å². The van der Waals surface area contributed by atoms with Crippen molar-refractivity contribution >= 4 is 35.0 Å². The molecule has 31 heavy (non-hydrogen) atoms. The zero-order valence-electron chi connectivity index (χ0n) is 17.1. The number of allylic oxidation sites excluding steroid dienone is 2. The first-order valence-corrected chi connectivity index (χ1v) is 11.0. The number of pyridine rings is 1. The van der Waals surface area contributed by atoms with Crippen molar-refractivity contribution in [3.05, 3.63) is 69.5 Å². The van der Waals surface area contributed by atoms with E-state index in [1.165, 1.54) is 17.2 Å². The van der Waals surface area contributed by atoms with Crippen LogP contribution >= 0.6 is 11.3 Å². The maximum Gasteiger partial charge on any atom is 0.176 e. The van der Waals surface area contributed by atoms with Crippen LogP contribution in [0.5, 0.6) is 0 Å². The molecule has 0 bridgehead atoms. The molecule has 1 aliphatic heterocycles. The molecule has 0 aromatic carbocycles. The molecule has 7 heteroatoms. The van der Waals surface area contributed by atoms with Crippen molar-refractivity contribution in [3.8, 4) is 21.8 Å². The molecule has 4 aromatic heterocycles. The Morgan fingerprint density at radius 2 is 2.19 bits per heavy atom. The van der Waals surface area contributed by atoms with E-state index in [4.69, 9.17) is 0 Å². The van der Waals surface area contributed by atoms with Crippen molar-refractivity contribution in [2.24, 2.45) is 0 Å². The van der Waals surface area contributed by atoms with Gasteiger partial charge < -0.3 is 10.3 Å². The number of thiophene rings is 1. The number of aromatic amines is 2. The predicted octanol–water partition coefficient (Wildman–Crippen LogP) is 3.88. The number of fused-ring (bicyclic) bond motifs is 1. The van der Waals surface area contributed by atoms with Gasteiger partial charge in [-0.05, 0) is 61.4 Å². The lowest BCUT2D eigenvalue weighted by Crippen LogP contribution is -2.24. The van der Waals surface area contributed by atoms with Crippen LogP contribution in [0.1, 0.15) is 13.3 Å². The normalized spacial score (nSPS) is 15.6. The molecule has 1 aliphatic rings. The molecule has 0 unspecified atom stereocenters. The zero-order valence-corrected chi connectivity index (χ0v) is 17.9. The monoisotopic (exact) mass is 431 g/mol. The van der Waals surface area contributed by atoms with E-state index in [1.807, 2.05) is 12.1 Å². The molecule has 0 saturated heterocycles. The fraction of sp³-hybridized carbons (Fsp3) is 0.167. The van der Waals surface area contributed by atoms with Crippen molar-refractivity contribution in [1.29, 1.82) is 0 Å². The highest BCUT2D eigenvalue weighted by Gasteiger charge is 2.14. The van der Waals surface area contributed by atoms with Gasteiger partial charge in [-0.1, -0.05) is 18.7 Å². The molecule has 5 heterocycles. The van der Waals surface area contributed by atoms with Crippen LogP contribution in [0.15, 0.2) is 53.8 Å². The van der Waals surface area contributed by atoms with Crippen LogP contribution in [0.25, 0.3) is 45.5 Å². The summed E-state index contributed by atoms with van der Waals surface area (Å²) in [5.41, 5.74) is 5.84. The van der Waals surface area contributed by atoms with E-state index in [1.54, 1.807) is 12.3 Å². The van der Waals surface area contributed by atoms with Crippen LogP contribution in [-0.4, -0.2) is 33.3 Å². The van der Waals surface area contributed by atoms with Gasteiger partial charge in [0.05, 0.1) is 11.0 Å². The van der Waals surface area contributed by atoms with E-state index >= 15 is 0 Å². The van der Waals surface area contributed by atoms with Gasteiger partial charge in [-0.2, -0.15) is 9.49 Å². The molecule has 0 spiro atoms. The zero-order chi connectivity index (χ0) is 21.4. The molecule has 0 aliphatic carbocycles. The number of aromatic nitrogens is 4. The summed E-state index contributed by atoms with van der Waals surface area (Å²) in [6, 6.07) is 7.23. The molecule has 0 radical (unpaired) electrons. The van der Waals surface area contributed by atoms with Gasteiger partial charge in [-0.3, -0.25) is 5.10 Å². The predicted molar refractivity (Wildman–Crippen MR) is 126 cm³/mol. The third-order valence-electron chi connectivity index (χ3n) is 5.55. The summed E-state index contributed by atoms with van der Waals surface area (Å²) in [7, 11) is 0. The fourth-order valence-corrected chi connectivity index (χ4v) is 4.75. The minimum absolute atomic E-state index is 0.201. The van der Waals surface area contributed by atoms with E-state index < -0.39 is 0 Å². The van der Waals surface area contributed by atoms with E-state index in [0.29, 0.717) is 0 Å². The first kappa shape index (κ1) is 19.7. The summed E-state index contributed by atoms with van der Waals surface area (Å²) in [4.78, 5) is 8.72. The summed E-state index contributed by atoms with van der Waals surface area (Å²) < 4.78 is 13.6. The van der Waals surface area contributed by atoms with Gasteiger partial charge in [0.15, 0.2) is 5.13 Å². The van der Waals surface area contributed by atoms with Crippen LogP contribution in [-0.2, 0) is 0 Å². The number of halogens is 1. The summed E-state index contributed by atoms with van der Waals surface area (Å²) in [5, 5.41) is 13.3. The Balaban J connectivity index is 1.64. The molecule has 5 rings (SSSR count). The maximum atomic E-state index is 13.6. The largest absolute Gasteiger partial charge is 0.338 e. The van der Waals surface area contributed by atoms with Crippen molar-refractivity contribution in [3.63, 3.8) is 0 Å². The fourth-order valence-electron chi connectivity index (χ4n) is 3.98. The highest BCUT2D eigenvalue weighted by Crippen LogP contribution is 2.33. The molecule has 3 N–H and O–H groups in total. The number of H-pyrrole nitrogens is 2. The lowest BCUT2D eigenvalue weighted by atomic mass is 9.98. The molecule has 4 aromatic rings. The van der Waals surface area contributed by atoms with Gasteiger partial charge in [0, 0.05) is 33.8 Å². The van der Waals surface area contributed by atoms with Crippen LogP contribution < -0.4 is 15.9 Å². The number of hydrogen-bond donors (Lipinski definition) is 3. The quantitative estimate of drug-likeness (QED) is 0.459. The Labute approximate surface area is 182 Å². The molecular formula is C24H22FN5S. The average Bonchev–Trinajstić information content (AvgIpc) is 3.50. The van der Waals surface area contributed by atoms with Gasteiger partial charge in [0.2, 0.25) is 0 Å². The third kappa shape index (κ3) is 3.66. The Kier molecular flexibility index (Phi) is 5.13. The number of rotatable bonds is 4. The van der Waals surface area contributed by atoms with E-state index in [-0.39, 0.29) is 5.13 Å². The Morgan fingerprint density at radius 3 is 2.94 bits per heavy atom. The highest BCUT2D eigenvalue weighted by atomic mass is 32.1. The van der Waals surface area contributed by atoms with Crippen molar-refractivity contribution < 1.29 is 4.39 Å². The van der Waals surface area contributed by atoms with E-state index in [9.17, 15) is 4.39 Å². The molecule has 0 amide bonds. The van der Waals surface area contributed by atoms with Crippen LogP contribution in [0, 0.1) is 5.13 Å². The maximum absolute atomic E-state index is 13.6. The number of nitrogens with zero attached hydrogens (tertiary/aromatic N) is 2. The van der Waals surface area contributed by atoms with Crippen molar-refractivity contribution in [2.45, 2.75) is 13.3 Å². The van der Waals surface area contributed by atoms with Crippen LogP contribution in [0.3, 0.4) is 0 Å². The average molecular weight is 432 g/mol. The minimum Gasteiger partial charge on any atom is -0.338 e. The second-order valence-electron chi connectivity index (χ2n) is 7.44. The van der Waals surface area contributed by atoms with Crippen LogP contribution in [0.4, 0.5) is 4.39 Å². The standard InChI is InChI=1S/C24H22FN5S/c1-3-15(16-6-9-26-10-7-16)12-18-14(2)29-30-23(18)20-13-19-17(8-11-27-24(19)28-20)21-4-5-22(25)31-21/h3-6,8,11-13,26,29H,2,7,9-10H2,1H3,(H,27,28)/b15-3+,18-12+. The number of nitrogens with one attached hydrogen (secondary N) is 3. The first-order valence-electron chi connectivity index (χ1n) is 10.2. The lowest BCUT2D eigenvalue weighted by Gasteiger charge is -2.14. The third-order valence-corrected chi connectivity index (χ3v) is 6.46. The summed E-state index contributed by atoms with van der Waals surface area (Å²) in [6.07, 6.45) is 9.24. The topological polar surface area (TPSA) is 69.4 Å². The second kappa shape index (κ2) is 8.09. The molecule has 5 nitrogen and oxygen atoms in total. The van der Waals surface area contributed by atoms with E-state index in [2.05, 4.69) is 57.2 Å². The first-order chi connectivity index (χ1) is 15.1. The molecule has 0 fully saturated rings. The molecular weight excluding hydrogens is 409 g/mol. The Bertz CT molecular complexity index is 1440. The van der Waals surface area contributed by atoms with Gasteiger partial charge in [-0.25, -0.2) is 4.98 Å². The van der Waals surface area contributed by atoms with Gasteiger partial charge >= 0.3 is 0 Å². The molecule has 156 valence electrons. The Morgan fingerprint density at radius 1 is 1.29 bits per heavy atom. The van der Waals surface area contributed by atoms with Crippen LogP contribution in [0.2, 0.25) is 0 Å². The minimum atomic E-state index is -0.201. The number of hydrogen-bond acceptors (Lipinski definition) is 4.